The van der Waals surface area contributed by atoms with Crippen LogP contribution in [0.5, 0.6) is 5.75 Å². The van der Waals surface area contributed by atoms with Gasteiger partial charge in [-0.05, 0) is 29.8 Å². The third kappa shape index (κ3) is 2.21. The largest absolute Gasteiger partial charge is 0.497 e. The molecule has 1 aromatic rings. The number of methoxy groups -OCH3 is 2. The van der Waals surface area contributed by atoms with Gasteiger partial charge < -0.3 is 9.47 Å². The van der Waals surface area contributed by atoms with E-state index in [0.29, 0.717) is 5.90 Å². The number of ether oxygens (including phenoxy) is 2. The molecule has 0 bridgehead atoms. The maximum atomic E-state index is 5.10. The third-order valence-electron chi connectivity index (χ3n) is 2.52. The summed E-state index contributed by atoms with van der Waals surface area (Å²) in [6, 6.07) is 7.83. The van der Waals surface area contributed by atoms with E-state index in [0.717, 1.165) is 29.9 Å². The third-order valence-corrected chi connectivity index (χ3v) is 2.52. The van der Waals surface area contributed by atoms with E-state index in [1.54, 1.807) is 14.2 Å². The second-order valence-corrected chi connectivity index (χ2v) is 3.47. The van der Waals surface area contributed by atoms with Gasteiger partial charge in [0, 0.05) is 12.8 Å². The zero-order valence-corrected chi connectivity index (χ0v) is 9.43. The lowest BCUT2D eigenvalue weighted by Crippen LogP contribution is -2.11. The number of hydrogen-bond donors (Lipinski definition) is 0. The first-order chi connectivity index (χ1) is 7.83. The van der Waals surface area contributed by atoms with Gasteiger partial charge in [-0.2, -0.15) is 5.10 Å². The number of nitrogens with zero attached hydrogens (tertiary/aromatic N) is 2. The van der Waals surface area contributed by atoms with Crippen molar-refractivity contribution < 1.29 is 9.47 Å². The average Bonchev–Trinajstić information content (AvgIpc) is 2.39. The molecule has 0 saturated heterocycles. The van der Waals surface area contributed by atoms with Gasteiger partial charge >= 0.3 is 0 Å². The van der Waals surface area contributed by atoms with Crippen LogP contribution in [-0.4, -0.2) is 25.8 Å². The average molecular weight is 218 g/mol. The van der Waals surface area contributed by atoms with Crippen LogP contribution in [0.15, 0.2) is 34.5 Å². The molecule has 0 N–H and O–H groups in total. The van der Waals surface area contributed by atoms with Gasteiger partial charge in [-0.3, -0.25) is 0 Å². The van der Waals surface area contributed by atoms with Crippen LogP contribution in [0.3, 0.4) is 0 Å². The van der Waals surface area contributed by atoms with Crippen molar-refractivity contribution in [3.05, 3.63) is 29.8 Å². The Labute approximate surface area is 94.6 Å². The zero-order valence-electron chi connectivity index (χ0n) is 9.43. The molecule has 1 aromatic carbocycles. The van der Waals surface area contributed by atoms with Gasteiger partial charge in [0.1, 0.15) is 5.75 Å². The molecule has 0 aromatic heterocycles. The minimum absolute atomic E-state index is 0.692. The molecule has 1 heterocycles. The lowest BCUT2D eigenvalue weighted by Gasteiger charge is -2.11. The Morgan fingerprint density at radius 3 is 2.19 bits per heavy atom. The van der Waals surface area contributed by atoms with Gasteiger partial charge in [0.25, 0.3) is 0 Å². The minimum Gasteiger partial charge on any atom is -0.497 e. The molecule has 1 aliphatic heterocycles. The molecule has 0 amide bonds. The van der Waals surface area contributed by atoms with Crippen molar-refractivity contribution in [3.63, 3.8) is 0 Å². The van der Waals surface area contributed by atoms with E-state index >= 15 is 0 Å². The minimum atomic E-state index is 0.692. The van der Waals surface area contributed by atoms with Gasteiger partial charge in [-0.1, -0.05) is 0 Å². The fraction of sp³-hybridized carbons (Fsp3) is 0.333. The fourth-order valence-electron chi connectivity index (χ4n) is 1.57. The number of rotatable bonds is 2. The van der Waals surface area contributed by atoms with E-state index in [2.05, 4.69) is 10.2 Å². The van der Waals surface area contributed by atoms with Crippen molar-refractivity contribution in [2.45, 2.75) is 12.8 Å². The Bertz CT molecular complexity index is 421. The van der Waals surface area contributed by atoms with E-state index in [1.165, 1.54) is 0 Å². The Morgan fingerprint density at radius 2 is 1.69 bits per heavy atom. The zero-order chi connectivity index (χ0) is 11.4. The molecule has 0 radical (unpaired) electrons. The van der Waals surface area contributed by atoms with Crippen LogP contribution in [0.25, 0.3) is 0 Å². The van der Waals surface area contributed by atoms with Crippen LogP contribution in [0, 0.1) is 0 Å². The first kappa shape index (κ1) is 10.7. The molecule has 0 atom stereocenters. The summed E-state index contributed by atoms with van der Waals surface area (Å²) in [4.78, 5) is 0. The molecule has 4 nitrogen and oxygen atoms in total. The summed E-state index contributed by atoms with van der Waals surface area (Å²) in [5.41, 5.74) is 2.07. The number of benzene rings is 1. The van der Waals surface area contributed by atoms with E-state index in [-0.39, 0.29) is 0 Å². The highest BCUT2D eigenvalue weighted by atomic mass is 16.5. The topological polar surface area (TPSA) is 43.2 Å². The maximum Gasteiger partial charge on any atom is 0.208 e. The molecule has 0 spiro atoms. The quantitative estimate of drug-likeness (QED) is 0.764. The van der Waals surface area contributed by atoms with Crippen LogP contribution in [0.1, 0.15) is 18.4 Å². The molecule has 0 fully saturated rings. The number of hydrogen-bond acceptors (Lipinski definition) is 4. The molecule has 1 aliphatic rings. The molecule has 2 rings (SSSR count). The molecule has 84 valence electrons. The van der Waals surface area contributed by atoms with E-state index in [1.807, 2.05) is 24.3 Å². The van der Waals surface area contributed by atoms with Crippen LogP contribution < -0.4 is 4.74 Å². The van der Waals surface area contributed by atoms with Crippen molar-refractivity contribution in [1.82, 2.24) is 0 Å². The smallest absolute Gasteiger partial charge is 0.208 e. The summed E-state index contributed by atoms with van der Waals surface area (Å²) in [6.45, 7) is 0. The molecular formula is C12H14N2O2. The van der Waals surface area contributed by atoms with Crippen LogP contribution in [0.2, 0.25) is 0 Å². The highest BCUT2D eigenvalue weighted by Crippen LogP contribution is 2.16. The van der Waals surface area contributed by atoms with Crippen molar-refractivity contribution in [1.29, 1.82) is 0 Å². The normalized spacial score (nSPS) is 15.1. The van der Waals surface area contributed by atoms with Gasteiger partial charge in [0.05, 0.1) is 19.9 Å². The molecule has 0 aliphatic carbocycles. The van der Waals surface area contributed by atoms with E-state index < -0.39 is 0 Å². The molecule has 4 heteroatoms. The van der Waals surface area contributed by atoms with Gasteiger partial charge in [0.2, 0.25) is 5.90 Å². The van der Waals surface area contributed by atoms with Gasteiger partial charge in [-0.25, -0.2) is 0 Å². The maximum absolute atomic E-state index is 5.10. The van der Waals surface area contributed by atoms with Gasteiger partial charge in [0.15, 0.2) is 0 Å². The molecular weight excluding hydrogens is 204 g/mol. The predicted molar refractivity (Wildman–Crippen MR) is 63.2 cm³/mol. The monoisotopic (exact) mass is 218 g/mol. The highest BCUT2D eigenvalue weighted by Gasteiger charge is 2.11. The van der Waals surface area contributed by atoms with Crippen LogP contribution >= 0.6 is 0 Å². The SMILES string of the molecule is COC1=NN=C(c2ccc(OC)cc2)CC1. The Hall–Kier alpha value is -1.84. The Kier molecular flexibility index (Phi) is 3.19. The summed E-state index contributed by atoms with van der Waals surface area (Å²) in [5, 5.41) is 8.15. The Balaban J connectivity index is 2.19. The lowest BCUT2D eigenvalue weighted by atomic mass is 10.1. The molecule has 16 heavy (non-hydrogen) atoms. The van der Waals surface area contributed by atoms with E-state index in [4.69, 9.17) is 9.47 Å². The molecule has 0 saturated carbocycles. The second-order valence-electron chi connectivity index (χ2n) is 3.47. The summed E-state index contributed by atoms with van der Waals surface area (Å²) < 4.78 is 10.1. The van der Waals surface area contributed by atoms with E-state index in [9.17, 15) is 0 Å². The first-order valence-corrected chi connectivity index (χ1v) is 5.15. The van der Waals surface area contributed by atoms with Gasteiger partial charge in [-0.15, -0.1) is 5.10 Å². The first-order valence-electron chi connectivity index (χ1n) is 5.15. The van der Waals surface area contributed by atoms with Crippen molar-refractivity contribution in [2.75, 3.05) is 14.2 Å². The highest BCUT2D eigenvalue weighted by molar-refractivity contribution is 6.03. The molecule has 0 unspecified atom stereocenters. The summed E-state index contributed by atoms with van der Waals surface area (Å²) >= 11 is 0. The Morgan fingerprint density at radius 1 is 0.938 bits per heavy atom. The van der Waals surface area contributed by atoms with Crippen molar-refractivity contribution >= 4 is 11.6 Å². The van der Waals surface area contributed by atoms with Crippen LogP contribution in [0.4, 0.5) is 0 Å². The van der Waals surface area contributed by atoms with Crippen molar-refractivity contribution in [3.8, 4) is 5.75 Å². The van der Waals surface area contributed by atoms with Crippen LogP contribution in [-0.2, 0) is 4.74 Å². The predicted octanol–water partition coefficient (Wildman–Crippen LogP) is 2.24. The summed E-state index contributed by atoms with van der Waals surface area (Å²) in [5.74, 6) is 1.54. The summed E-state index contributed by atoms with van der Waals surface area (Å²) in [6.07, 6.45) is 1.67. The van der Waals surface area contributed by atoms with Crippen molar-refractivity contribution in [2.24, 2.45) is 10.2 Å². The standard InChI is InChI=1S/C12H14N2O2/c1-15-10-5-3-9(4-6-10)11-7-8-12(16-2)14-13-11/h3-6H,7-8H2,1-2H3. The summed E-state index contributed by atoms with van der Waals surface area (Å²) in [7, 11) is 3.27. The lowest BCUT2D eigenvalue weighted by molar-refractivity contribution is 0.387. The fourth-order valence-corrected chi connectivity index (χ4v) is 1.57. The second kappa shape index (κ2) is 4.79.